The third-order valence-corrected chi connectivity index (χ3v) is 8.24. The number of phenols is 1. The molecule has 1 saturated heterocycles. The maximum atomic E-state index is 12.2. The monoisotopic (exact) mass is 502 g/mol. The topological polar surface area (TPSA) is 174 Å². The van der Waals surface area contributed by atoms with E-state index in [1.807, 2.05) is 0 Å². The van der Waals surface area contributed by atoms with Crippen molar-refractivity contribution < 1.29 is 49.7 Å². The molecule has 3 fully saturated rings. The van der Waals surface area contributed by atoms with Gasteiger partial charge in [-0.05, 0) is 68.5 Å². The van der Waals surface area contributed by atoms with Crippen molar-refractivity contribution in [2.45, 2.75) is 81.8 Å². The number of aryl methyl sites for hydroxylation is 1. The molecule has 1 aliphatic heterocycles. The van der Waals surface area contributed by atoms with E-state index in [1.165, 1.54) is 13.0 Å². The number of hydrogen-bond acceptors (Lipinski definition) is 9. The Balaban J connectivity index is 1.61. The number of fused-ring (bicyclic) bond motifs is 4. The lowest BCUT2D eigenvalue weighted by atomic mass is 9.64. The summed E-state index contributed by atoms with van der Waals surface area (Å²) in [5.41, 5.74) is -3.04. The molecule has 3 aliphatic rings. The van der Waals surface area contributed by atoms with Crippen molar-refractivity contribution in [2.75, 3.05) is 0 Å². The predicted octanol–water partition coefficient (Wildman–Crippen LogP) is 1.64. The van der Waals surface area contributed by atoms with E-state index < -0.39 is 53.3 Å². The number of carboxylic acids is 1. The minimum Gasteiger partial charge on any atom is -0.506 e. The molecule has 7 atom stereocenters. The number of rotatable bonds is 4. The van der Waals surface area contributed by atoms with Gasteiger partial charge in [0.2, 0.25) is 6.29 Å². The first kappa shape index (κ1) is 24.9. The Morgan fingerprint density at radius 2 is 1.81 bits per heavy atom. The second-order valence-corrected chi connectivity index (χ2v) is 10.4. The van der Waals surface area contributed by atoms with Crippen molar-refractivity contribution >= 4 is 22.5 Å². The Kier molecular flexibility index (Phi) is 5.81. The molecule has 0 aromatic heterocycles. The number of Topliss-reactive ketones (excluding diaryl/α,β-unsaturated/α-hetero) is 1. The van der Waals surface area contributed by atoms with Gasteiger partial charge >= 0.3 is 5.97 Å². The number of phenolic OH excluding ortho intramolecular Hbond substituents is 1. The molecule has 10 nitrogen and oxygen atoms in total. The molecule has 7 unspecified atom stereocenters. The second kappa shape index (κ2) is 8.39. The molecular formula is C26H30O10. The number of carbonyl (C=O) groups excluding carboxylic acids is 1. The van der Waals surface area contributed by atoms with Gasteiger partial charge < -0.3 is 40.1 Å². The van der Waals surface area contributed by atoms with E-state index in [4.69, 9.17) is 9.47 Å². The smallest absolute Gasteiger partial charge is 0.335 e. The van der Waals surface area contributed by atoms with E-state index in [0.717, 1.165) is 12.5 Å². The van der Waals surface area contributed by atoms with E-state index in [2.05, 4.69) is 0 Å². The fourth-order valence-corrected chi connectivity index (χ4v) is 6.50. The number of aromatic hydroxyl groups is 1. The van der Waals surface area contributed by atoms with Crippen molar-refractivity contribution in [1.29, 1.82) is 0 Å². The van der Waals surface area contributed by atoms with Gasteiger partial charge in [0.1, 0.15) is 35.4 Å². The normalized spacial score (nSPS) is 35.8. The first-order chi connectivity index (χ1) is 16.9. The fourth-order valence-electron chi connectivity index (χ4n) is 6.50. The number of carbonyl (C=O) groups is 2. The zero-order valence-electron chi connectivity index (χ0n) is 20.0. The minimum atomic E-state index is -1.90. The second-order valence-electron chi connectivity index (χ2n) is 10.4. The Bertz CT molecular complexity index is 1260. The molecule has 0 spiro atoms. The number of hydrogen-bond donors (Lipinski definition) is 6. The van der Waals surface area contributed by atoms with Crippen LogP contribution in [-0.2, 0) is 4.74 Å². The molecule has 2 aromatic rings. The van der Waals surface area contributed by atoms with Crippen molar-refractivity contribution in [1.82, 2.24) is 0 Å². The summed E-state index contributed by atoms with van der Waals surface area (Å²) in [6.07, 6.45) is -3.95. The highest BCUT2D eigenvalue weighted by atomic mass is 16.7. The standard InChI is InChI=1S/C26H30O10/c1-11-8-13-9-14(22(31)32)10-16(18(13)19(28)17(11)12(2)27)35-23-20(29)21(30)26(34)7-5-15-4-3-6-25(15,33)24(26)36-23/h8-10,15,20-21,23-24,28-30,33-34H,3-7H2,1-2H3,(H,31,32). The van der Waals surface area contributed by atoms with Crippen LogP contribution in [-0.4, -0.2) is 78.2 Å². The molecule has 2 aromatic carbocycles. The third kappa shape index (κ3) is 3.51. The van der Waals surface area contributed by atoms with E-state index in [9.17, 15) is 40.2 Å². The summed E-state index contributed by atoms with van der Waals surface area (Å²) >= 11 is 0. The first-order valence-electron chi connectivity index (χ1n) is 12.1. The van der Waals surface area contributed by atoms with Gasteiger partial charge in [0.05, 0.1) is 22.1 Å². The Morgan fingerprint density at radius 3 is 2.47 bits per heavy atom. The Hall–Kier alpha value is -2.76. The van der Waals surface area contributed by atoms with E-state index >= 15 is 0 Å². The summed E-state index contributed by atoms with van der Waals surface area (Å²) in [6, 6.07) is 3.99. The summed E-state index contributed by atoms with van der Waals surface area (Å²) in [5, 5.41) is 65.4. The van der Waals surface area contributed by atoms with Gasteiger partial charge in [-0.15, -0.1) is 0 Å². The van der Waals surface area contributed by atoms with Gasteiger partial charge in [-0.25, -0.2) is 4.79 Å². The molecule has 6 N–H and O–H groups in total. The third-order valence-electron chi connectivity index (χ3n) is 8.24. The van der Waals surface area contributed by atoms with Crippen molar-refractivity contribution in [3.05, 3.63) is 34.9 Å². The summed E-state index contributed by atoms with van der Waals surface area (Å²) in [4.78, 5) is 24.0. The molecule has 2 aliphatic carbocycles. The van der Waals surface area contributed by atoms with E-state index in [0.29, 0.717) is 24.8 Å². The number of benzene rings is 2. The van der Waals surface area contributed by atoms with E-state index in [1.54, 1.807) is 13.0 Å². The van der Waals surface area contributed by atoms with Gasteiger partial charge in [-0.2, -0.15) is 0 Å². The highest BCUT2D eigenvalue weighted by Crippen LogP contribution is 2.54. The maximum absolute atomic E-state index is 12.2. The Morgan fingerprint density at radius 1 is 1.08 bits per heavy atom. The van der Waals surface area contributed by atoms with E-state index in [-0.39, 0.29) is 40.0 Å². The van der Waals surface area contributed by atoms with Crippen LogP contribution in [0.15, 0.2) is 18.2 Å². The SMILES string of the molecule is CC(=O)c1c(C)cc2cc(C(=O)O)cc(OC3OC4C5(O)CCCC5CCC4(O)C(O)C3O)c2c1O. The van der Waals surface area contributed by atoms with Crippen LogP contribution in [0.2, 0.25) is 0 Å². The predicted molar refractivity (Wildman–Crippen MR) is 125 cm³/mol. The van der Waals surface area contributed by atoms with Crippen molar-refractivity contribution in [3.63, 3.8) is 0 Å². The van der Waals surface area contributed by atoms with Crippen LogP contribution in [0.5, 0.6) is 11.5 Å². The Labute approximate surface area is 206 Å². The molecular weight excluding hydrogens is 472 g/mol. The van der Waals surface area contributed by atoms with Crippen LogP contribution in [0, 0.1) is 12.8 Å². The summed E-state index contributed by atoms with van der Waals surface area (Å²) in [7, 11) is 0. The van der Waals surface area contributed by atoms with Crippen LogP contribution in [0.3, 0.4) is 0 Å². The molecule has 36 heavy (non-hydrogen) atoms. The average molecular weight is 503 g/mol. The fraction of sp³-hybridized carbons (Fsp3) is 0.538. The number of carboxylic acid groups (broad SMARTS) is 1. The molecule has 194 valence electrons. The summed E-state index contributed by atoms with van der Waals surface area (Å²) in [6.45, 7) is 2.89. The summed E-state index contributed by atoms with van der Waals surface area (Å²) in [5.74, 6) is -2.45. The number of aromatic carboxylic acids is 1. The quantitative estimate of drug-likeness (QED) is 0.337. The summed E-state index contributed by atoms with van der Waals surface area (Å²) < 4.78 is 11.9. The van der Waals surface area contributed by atoms with Crippen molar-refractivity contribution in [2.24, 2.45) is 5.92 Å². The highest BCUT2D eigenvalue weighted by molar-refractivity contribution is 6.08. The number of ether oxygens (including phenoxy) is 2. The van der Waals surface area contributed by atoms with Crippen LogP contribution in [0.25, 0.3) is 10.8 Å². The molecule has 2 saturated carbocycles. The number of aliphatic hydroxyl groups excluding tert-OH is 2. The van der Waals surface area contributed by atoms with Crippen LogP contribution in [0.4, 0.5) is 0 Å². The lowest BCUT2D eigenvalue weighted by Crippen LogP contribution is -2.75. The van der Waals surface area contributed by atoms with Crippen LogP contribution < -0.4 is 4.74 Å². The lowest BCUT2D eigenvalue weighted by Gasteiger charge is -2.57. The zero-order valence-corrected chi connectivity index (χ0v) is 20.0. The minimum absolute atomic E-state index is 0.0306. The molecule has 0 amide bonds. The van der Waals surface area contributed by atoms with Gasteiger partial charge in [-0.1, -0.05) is 12.5 Å². The molecule has 0 radical (unpaired) electrons. The van der Waals surface area contributed by atoms with Crippen molar-refractivity contribution in [3.8, 4) is 11.5 Å². The van der Waals surface area contributed by atoms with Crippen LogP contribution in [0.1, 0.15) is 65.3 Å². The largest absolute Gasteiger partial charge is 0.506 e. The molecule has 10 heteroatoms. The van der Waals surface area contributed by atoms with Gasteiger partial charge in [-0.3, -0.25) is 4.79 Å². The first-order valence-corrected chi connectivity index (χ1v) is 12.1. The molecule has 1 heterocycles. The number of ketones is 1. The average Bonchev–Trinajstić information content (AvgIpc) is 3.19. The molecule has 0 bridgehead atoms. The van der Waals surface area contributed by atoms with Crippen LogP contribution >= 0.6 is 0 Å². The molecule has 5 rings (SSSR count). The van der Waals surface area contributed by atoms with Gasteiger partial charge in [0, 0.05) is 0 Å². The van der Waals surface area contributed by atoms with Gasteiger partial charge in [0.25, 0.3) is 0 Å². The van der Waals surface area contributed by atoms with Gasteiger partial charge in [0.15, 0.2) is 5.78 Å². The number of aliphatic hydroxyl groups is 4. The lowest BCUT2D eigenvalue weighted by molar-refractivity contribution is -0.355. The zero-order chi connectivity index (χ0) is 26.2. The highest BCUT2D eigenvalue weighted by Gasteiger charge is 2.67. The maximum Gasteiger partial charge on any atom is 0.335 e.